The molecular weight excluding hydrogens is 246 g/mol. The van der Waals surface area contributed by atoms with Crippen LogP contribution in [0.4, 0.5) is 5.69 Å². The molecule has 0 spiro atoms. The first kappa shape index (κ1) is 11.6. The van der Waals surface area contributed by atoms with E-state index in [-0.39, 0.29) is 5.56 Å². The number of H-pyrrole nitrogens is 2. The zero-order chi connectivity index (χ0) is 13.4. The van der Waals surface area contributed by atoms with Crippen LogP contribution in [0.15, 0.2) is 17.2 Å². The summed E-state index contributed by atoms with van der Waals surface area (Å²) in [5.74, 6) is 0.551. The lowest BCUT2D eigenvalue weighted by Crippen LogP contribution is -2.26. The molecule has 0 atom stereocenters. The van der Waals surface area contributed by atoms with Crippen LogP contribution >= 0.6 is 0 Å². The Morgan fingerprint density at radius 3 is 2.84 bits per heavy atom. The van der Waals surface area contributed by atoms with E-state index in [2.05, 4.69) is 25.5 Å². The van der Waals surface area contributed by atoms with Gasteiger partial charge in [-0.05, 0) is 19.8 Å². The number of carbonyl (C=O) groups excluding carboxylic acids is 1. The van der Waals surface area contributed by atoms with Gasteiger partial charge >= 0.3 is 0 Å². The summed E-state index contributed by atoms with van der Waals surface area (Å²) in [6, 6.07) is 0. The molecule has 1 aliphatic rings. The maximum Gasteiger partial charge on any atom is 0.264 e. The summed E-state index contributed by atoms with van der Waals surface area (Å²) in [6.07, 6.45) is 5.09. The summed E-state index contributed by atoms with van der Waals surface area (Å²) in [4.78, 5) is 31.0. The number of carbonyl (C=O) groups is 1. The number of nitrogens with one attached hydrogen (secondary N) is 3. The van der Waals surface area contributed by atoms with Crippen molar-refractivity contribution in [2.75, 3.05) is 5.32 Å². The minimum Gasteiger partial charge on any atom is -0.319 e. The van der Waals surface area contributed by atoms with Gasteiger partial charge in [0.25, 0.3) is 11.5 Å². The molecule has 2 heterocycles. The first-order valence-electron chi connectivity index (χ1n) is 6.06. The van der Waals surface area contributed by atoms with Crippen molar-refractivity contribution >= 4 is 11.6 Å². The number of rotatable bonds is 3. The largest absolute Gasteiger partial charge is 0.319 e. The summed E-state index contributed by atoms with van der Waals surface area (Å²) in [5.41, 5.74) is 0.614. The molecule has 2 aromatic heterocycles. The summed E-state index contributed by atoms with van der Waals surface area (Å²) >= 11 is 0. The minimum absolute atomic E-state index is 0.0469. The van der Waals surface area contributed by atoms with Crippen LogP contribution in [0.1, 0.15) is 40.6 Å². The van der Waals surface area contributed by atoms with E-state index in [1.54, 1.807) is 6.92 Å². The van der Waals surface area contributed by atoms with E-state index in [9.17, 15) is 9.59 Å². The van der Waals surface area contributed by atoms with Gasteiger partial charge in [-0.3, -0.25) is 14.7 Å². The Balaban J connectivity index is 1.91. The van der Waals surface area contributed by atoms with E-state index in [0.717, 1.165) is 12.8 Å². The Morgan fingerprint density at radius 1 is 1.47 bits per heavy atom. The normalized spacial score (nSPS) is 14.4. The first-order valence-corrected chi connectivity index (χ1v) is 6.06. The molecule has 0 aliphatic heterocycles. The van der Waals surface area contributed by atoms with E-state index < -0.39 is 11.5 Å². The molecule has 1 fully saturated rings. The van der Waals surface area contributed by atoms with Crippen molar-refractivity contribution in [3.63, 3.8) is 0 Å². The highest BCUT2D eigenvalue weighted by atomic mass is 16.2. The highest BCUT2D eigenvalue weighted by Gasteiger charge is 2.28. The van der Waals surface area contributed by atoms with Gasteiger partial charge in [0.2, 0.25) is 0 Å². The van der Waals surface area contributed by atoms with E-state index in [4.69, 9.17) is 0 Å². The first-order chi connectivity index (χ1) is 9.15. The van der Waals surface area contributed by atoms with Crippen molar-refractivity contribution in [1.29, 1.82) is 0 Å². The van der Waals surface area contributed by atoms with E-state index in [1.165, 1.54) is 12.4 Å². The van der Waals surface area contributed by atoms with Crippen LogP contribution in [0.5, 0.6) is 0 Å². The molecule has 0 bridgehead atoms. The molecule has 7 heteroatoms. The molecule has 2 aromatic rings. The van der Waals surface area contributed by atoms with Gasteiger partial charge in [0.15, 0.2) is 0 Å². The molecule has 0 saturated heterocycles. The number of hydrogen-bond donors (Lipinski definition) is 3. The molecule has 0 aromatic carbocycles. The van der Waals surface area contributed by atoms with Gasteiger partial charge in [-0.2, -0.15) is 5.10 Å². The molecule has 7 nitrogen and oxygen atoms in total. The third-order valence-corrected chi connectivity index (χ3v) is 3.07. The lowest BCUT2D eigenvalue weighted by Gasteiger charge is -2.06. The SMILES string of the molecule is Cc1nc(C2CC2)[nH]c(=O)c1C(=O)Nc1cn[nH]c1. The standard InChI is InChI=1S/C12H13N5O2/c1-6-9(11(18)16-8-4-13-14-5-8)12(19)17-10(15-6)7-2-3-7/h4-5,7H,2-3H2,1H3,(H,13,14)(H,16,18)(H,15,17,19). The fraction of sp³-hybridized carbons (Fsp3) is 0.333. The van der Waals surface area contributed by atoms with Gasteiger partial charge in [0.05, 0.1) is 17.6 Å². The average molecular weight is 259 g/mol. The van der Waals surface area contributed by atoms with Gasteiger partial charge in [-0.15, -0.1) is 0 Å². The Morgan fingerprint density at radius 2 is 2.26 bits per heavy atom. The van der Waals surface area contributed by atoms with Crippen LogP contribution in [-0.4, -0.2) is 26.1 Å². The maximum absolute atomic E-state index is 12.0. The molecule has 98 valence electrons. The molecular formula is C12H13N5O2. The fourth-order valence-electron chi connectivity index (χ4n) is 1.94. The zero-order valence-corrected chi connectivity index (χ0v) is 10.4. The molecule has 3 N–H and O–H groups in total. The quantitative estimate of drug-likeness (QED) is 0.762. The van der Waals surface area contributed by atoms with Crippen LogP contribution in [0.2, 0.25) is 0 Å². The molecule has 1 saturated carbocycles. The van der Waals surface area contributed by atoms with Gasteiger partial charge < -0.3 is 10.3 Å². The van der Waals surface area contributed by atoms with E-state index >= 15 is 0 Å². The molecule has 0 unspecified atom stereocenters. The van der Waals surface area contributed by atoms with Crippen molar-refractivity contribution in [2.24, 2.45) is 0 Å². The number of hydrogen-bond acceptors (Lipinski definition) is 4. The Labute approximate surface area is 108 Å². The van der Waals surface area contributed by atoms with E-state index in [1.807, 2.05) is 0 Å². The van der Waals surface area contributed by atoms with Crippen LogP contribution < -0.4 is 10.9 Å². The lowest BCUT2D eigenvalue weighted by molar-refractivity contribution is 0.102. The molecule has 0 radical (unpaired) electrons. The minimum atomic E-state index is -0.477. The van der Waals surface area contributed by atoms with Crippen molar-refractivity contribution in [3.8, 4) is 0 Å². The fourth-order valence-corrected chi connectivity index (χ4v) is 1.94. The topological polar surface area (TPSA) is 104 Å². The third kappa shape index (κ3) is 2.26. The Kier molecular flexibility index (Phi) is 2.66. The van der Waals surface area contributed by atoms with Gasteiger partial charge in [-0.25, -0.2) is 4.98 Å². The second-order valence-electron chi connectivity index (χ2n) is 4.63. The lowest BCUT2D eigenvalue weighted by atomic mass is 10.2. The second-order valence-corrected chi connectivity index (χ2v) is 4.63. The number of aromatic amines is 2. The number of aromatic nitrogens is 4. The maximum atomic E-state index is 12.0. The Hall–Kier alpha value is -2.44. The highest BCUT2D eigenvalue weighted by molar-refractivity contribution is 6.04. The predicted molar refractivity (Wildman–Crippen MR) is 68.1 cm³/mol. The molecule has 3 rings (SSSR count). The molecule has 1 amide bonds. The van der Waals surface area contributed by atoms with Crippen molar-refractivity contribution < 1.29 is 4.79 Å². The summed E-state index contributed by atoms with van der Waals surface area (Å²) in [5, 5.41) is 8.89. The summed E-state index contributed by atoms with van der Waals surface area (Å²) in [6.45, 7) is 1.67. The number of aryl methyl sites for hydroxylation is 1. The summed E-state index contributed by atoms with van der Waals surface area (Å²) in [7, 11) is 0. The predicted octanol–water partition coefficient (Wildman–Crippen LogP) is 0.931. The number of amides is 1. The van der Waals surface area contributed by atoms with Gasteiger partial charge in [0, 0.05) is 12.1 Å². The van der Waals surface area contributed by atoms with Gasteiger partial charge in [0.1, 0.15) is 11.4 Å². The monoisotopic (exact) mass is 259 g/mol. The van der Waals surface area contributed by atoms with Crippen molar-refractivity contribution in [1.82, 2.24) is 20.2 Å². The van der Waals surface area contributed by atoms with E-state index in [0.29, 0.717) is 23.1 Å². The van der Waals surface area contributed by atoms with Crippen LogP contribution in [-0.2, 0) is 0 Å². The molecule has 1 aliphatic carbocycles. The Bertz CT molecular complexity index is 670. The summed E-state index contributed by atoms with van der Waals surface area (Å²) < 4.78 is 0. The van der Waals surface area contributed by atoms with Crippen LogP contribution in [0.25, 0.3) is 0 Å². The molecule has 19 heavy (non-hydrogen) atoms. The van der Waals surface area contributed by atoms with Crippen molar-refractivity contribution in [3.05, 3.63) is 39.8 Å². The highest BCUT2D eigenvalue weighted by Crippen LogP contribution is 2.37. The number of anilines is 1. The van der Waals surface area contributed by atoms with Crippen LogP contribution in [0.3, 0.4) is 0 Å². The van der Waals surface area contributed by atoms with Crippen molar-refractivity contribution in [2.45, 2.75) is 25.7 Å². The number of nitrogens with zero attached hydrogens (tertiary/aromatic N) is 2. The van der Waals surface area contributed by atoms with Crippen LogP contribution in [0, 0.1) is 6.92 Å². The average Bonchev–Trinajstić information content (AvgIpc) is 3.08. The van der Waals surface area contributed by atoms with Gasteiger partial charge in [-0.1, -0.05) is 0 Å². The second kappa shape index (κ2) is 4.34. The zero-order valence-electron chi connectivity index (χ0n) is 10.4. The smallest absolute Gasteiger partial charge is 0.264 e. The third-order valence-electron chi connectivity index (χ3n) is 3.07.